The maximum atomic E-state index is 12.4. The molecule has 1 aromatic carbocycles. The summed E-state index contributed by atoms with van der Waals surface area (Å²) >= 11 is 1.30. The van der Waals surface area contributed by atoms with Crippen LogP contribution in [0.5, 0.6) is 5.75 Å². The Balaban J connectivity index is 1.71. The van der Waals surface area contributed by atoms with Crippen LogP contribution in [0.2, 0.25) is 0 Å². The Morgan fingerprint density at radius 1 is 1.25 bits per heavy atom. The molecule has 1 N–H and O–H groups in total. The van der Waals surface area contributed by atoms with Crippen molar-refractivity contribution in [3.8, 4) is 11.8 Å². The van der Waals surface area contributed by atoms with Gasteiger partial charge < -0.3 is 10.1 Å². The number of hydrogen-bond donors (Lipinski definition) is 1. The van der Waals surface area contributed by atoms with E-state index < -0.39 is 0 Å². The number of carbonyl (C=O) groups excluding carboxylic acids is 1. The second-order valence-corrected chi connectivity index (χ2v) is 5.78. The van der Waals surface area contributed by atoms with Crippen molar-refractivity contribution in [2.75, 3.05) is 5.32 Å². The van der Waals surface area contributed by atoms with Crippen LogP contribution in [0.3, 0.4) is 0 Å². The van der Waals surface area contributed by atoms with Gasteiger partial charge in [-0.3, -0.25) is 9.78 Å². The highest BCUT2D eigenvalue weighted by molar-refractivity contribution is 7.12. The summed E-state index contributed by atoms with van der Waals surface area (Å²) in [5.74, 6) is 0.246. The summed E-state index contributed by atoms with van der Waals surface area (Å²) in [6.07, 6.45) is 3.22. The van der Waals surface area contributed by atoms with Gasteiger partial charge in [-0.25, -0.2) is 0 Å². The van der Waals surface area contributed by atoms with Crippen LogP contribution in [0.4, 0.5) is 5.69 Å². The molecule has 0 aliphatic carbocycles. The van der Waals surface area contributed by atoms with Gasteiger partial charge in [0.15, 0.2) is 0 Å². The molecule has 0 saturated carbocycles. The topological polar surface area (TPSA) is 75.0 Å². The third-order valence-corrected chi connectivity index (χ3v) is 4.17. The number of amides is 1. The highest BCUT2D eigenvalue weighted by Crippen LogP contribution is 2.27. The minimum atomic E-state index is -0.249. The SMILES string of the molecule is N#Cc1ccccc1COc1ccsc1C(=O)Nc1cccnc1. The lowest BCUT2D eigenvalue weighted by Gasteiger charge is -2.09. The number of nitrogens with zero attached hydrogens (tertiary/aromatic N) is 2. The van der Waals surface area contributed by atoms with Crippen molar-refractivity contribution < 1.29 is 9.53 Å². The number of rotatable bonds is 5. The lowest BCUT2D eigenvalue weighted by molar-refractivity contribution is 0.102. The Morgan fingerprint density at radius 2 is 2.12 bits per heavy atom. The predicted molar refractivity (Wildman–Crippen MR) is 92.0 cm³/mol. The molecule has 0 aliphatic heterocycles. The molecule has 3 rings (SSSR count). The zero-order valence-electron chi connectivity index (χ0n) is 12.6. The third-order valence-electron chi connectivity index (χ3n) is 3.28. The van der Waals surface area contributed by atoms with Gasteiger partial charge in [0, 0.05) is 11.8 Å². The largest absolute Gasteiger partial charge is 0.487 e. The van der Waals surface area contributed by atoms with E-state index in [0.717, 1.165) is 5.56 Å². The first-order chi connectivity index (χ1) is 11.8. The zero-order chi connectivity index (χ0) is 16.8. The highest BCUT2D eigenvalue weighted by atomic mass is 32.1. The smallest absolute Gasteiger partial charge is 0.269 e. The summed E-state index contributed by atoms with van der Waals surface area (Å²) in [5, 5.41) is 13.7. The molecule has 24 heavy (non-hydrogen) atoms. The van der Waals surface area contributed by atoms with Gasteiger partial charge in [-0.15, -0.1) is 11.3 Å². The number of pyridine rings is 1. The summed E-state index contributed by atoms with van der Waals surface area (Å²) in [6, 6.07) is 14.6. The number of nitriles is 1. The Kier molecular flexibility index (Phi) is 4.84. The van der Waals surface area contributed by atoms with E-state index in [-0.39, 0.29) is 12.5 Å². The summed E-state index contributed by atoms with van der Waals surface area (Å²) in [6.45, 7) is 0.230. The average Bonchev–Trinajstić information content (AvgIpc) is 3.10. The minimum absolute atomic E-state index is 0.230. The fourth-order valence-corrected chi connectivity index (χ4v) is 2.84. The maximum Gasteiger partial charge on any atom is 0.269 e. The van der Waals surface area contributed by atoms with Crippen LogP contribution in [0.15, 0.2) is 60.2 Å². The molecule has 0 bridgehead atoms. The fraction of sp³-hybridized carbons (Fsp3) is 0.0556. The van der Waals surface area contributed by atoms with Crippen molar-refractivity contribution in [2.45, 2.75) is 6.61 Å². The van der Waals surface area contributed by atoms with Crippen molar-refractivity contribution >= 4 is 22.9 Å². The Bertz CT molecular complexity index is 885. The molecule has 0 fully saturated rings. The van der Waals surface area contributed by atoms with Gasteiger partial charge in [-0.05, 0) is 29.6 Å². The maximum absolute atomic E-state index is 12.4. The molecule has 2 aromatic heterocycles. The van der Waals surface area contributed by atoms with E-state index >= 15 is 0 Å². The summed E-state index contributed by atoms with van der Waals surface area (Å²) in [5.41, 5.74) is 1.97. The van der Waals surface area contributed by atoms with Crippen molar-refractivity contribution in [3.05, 3.63) is 76.2 Å². The van der Waals surface area contributed by atoms with E-state index in [9.17, 15) is 4.79 Å². The van der Waals surface area contributed by atoms with E-state index in [4.69, 9.17) is 10.00 Å². The van der Waals surface area contributed by atoms with Crippen LogP contribution in [0.25, 0.3) is 0 Å². The number of thiophene rings is 1. The summed E-state index contributed by atoms with van der Waals surface area (Å²) in [7, 11) is 0. The summed E-state index contributed by atoms with van der Waals surface area (Å²) in [4.78, 5) is 16.8. The number of nitrogens with one attached hydrogen (secondary N) is 1. The monoisotopic (exact) mass is 335 g/mol. The number of hydrogen-bond acceptors (Lipinski definition) is 5. The second-order valence-electron chi connectivity index (χ2n) is 4.87. The molecule has 0 aliphatic rings. The average molecular weight is 335 g/mol. The first-order valence-corrected chi connectivity index (χ1v) is 8.05. The third kappa shape index (κ3) is 3.59. The van der Waals surface area contributed by atoms with Crippen LogP contribution in [-0.4, -0.2) is 10.9 Å². The Labute approximate surface area is 143 Å². The van der Waals surface area contributed by atoms with Gasteiger partial charge in [0.05, 0.1) is 23.5 Å². The van der Waals surface area contributed by atoms with Crippen molar-refractivity contribution in [3.63, 3.8) is 0 Å². The molecular weight excluding hydrogens is 322 g/mol. The first-order valence-electron chi connectivity index (χ1n) is 7.17. The number of ether oxygens (including phenoxy) is 1. The van der Waals surface area contributed by atoms with Gasteiger partial charge in [-0.2, -0.15) is 5.26 Å². The number of anilines is 1. The van der Waals surface area contributed by atoms with Crippen LogP contribution >= 0.6 is 11.3 Å². The Morgan fingerprint density at radius 3 is 2.92 bits per heavy atom. The molecule has 118 valence electrons. The molecule has 0 unspecified atom stereocenters. The normalized spacial score (nSPS) is 9.96. The van der Waals surface area contributed by atoms with E-state index in [1.165, 1.54) is 11.3 Å². The van der Waals surface area contributed by atoms with Gasteiger partial charge in [-0.1, -0.05) is 18.2 Å². The molecular formula is C18H13N3O2S. The zero-order valence-corrected chi connectivity index (χ0v) is 13.4. The van der Waals surface area contributed by atoms with Gasteiger partial charge in [0.1, 0.15) is 17.2 Å². The molecule has 2 heterocycles. The Hall–Kier alpha value is -3.17. The highest BCUT2D eigenvalue weighted by Gasteiger charge is 2.15. The molecule has 1 amide bonds. The predicted octanol–water partition coefficient (Wildman–Crippen LogP) is 3.85. The molecule has 6 heteroatoms. The van der Waals surface area contributed by atoms with Crippen LogP contribution in [0, 0.1) is 11.3 Å². The molecule has 3 aromatic rings. The van der Waals surface area contributed by atoms with E-state index in [1.54, 1.807) is 48.1 Å². The molecule has 5 nitrogen and oxygen atoms in total. The van der Waals surface area contributed by atoms with E-state index in [2.05, 4.69) is 16.4 Å². The van der Waals surface area contributed by atoms with Gasteiger partial charge in [0.2, 0.25) is 0 Å². The van der Waals surface area contributed by atoms with Crippen LogP contribution in [0.1, 0.15) is 20.8 Å². The summed E-state index contributed by atoms with van der Waals surface area (Å²) < 4.78 is 5.75. The number of benzene rings is 1. The van der Waals surface area contributed by atoms with Crippen LogP contribution < -0.4 is 10.1 Å². The van der Waals surface area contributed by atoms with Crippen molar-refractivity contribution in [1.82, 2.24) is 4.98 Å². The number of aromatic nitrogens is 1. The number of carbonyl (C=O) groups is 1. The molecule has 0 atom stereocenters. The fourth-order valence-electron chi connectivity index (χ4n) is 2.11. The van der Waals surface area contributed by atoms with Gasteiger partial charge in [0.25, 0.3) is 5.91 Å². The lowest BCUT2D eigenvalue weighted by Crippen LogP contribution is -2.12. The second kappa shape index (κ2) is 7.40. The molecule has 0 radical (unpaired) electrons. The van der Waals surface area contributed by atoms with E-state index in [1.807, 2.05) is 12.1 Å². The van der Waals surface area contributed by atoms with Crippen molar-refractivity contribution in [1.29, 1.82) is 5.26 Å². The lowest BCUT2D eigenvalue weighted by atomic mass is 10.1. The van der Waals surface area contributed by atoms with Gasteiger partial charge >= 0.3 is 0 Å². The molecule has 0 spiro atoms. The minimum Gasteiger partial charge on any atom is -0.487 e. The van der Waals surface area contributed by atoms with Crippen molar-refractivity contribution in [2.24, 2.45) is 0 Å². The standard InChI is InChI=1S/C18H13N3O2S/c19-10-13-4-1-2-5-14(13)12-23-16-7-9-24-17(16)18(22)21-15-6-3-8-20-11-15/h1-9,11H,12H2,(H,21,22). The first kappa shape index (κ1) is 15.7. The van der Waals surface area contributed by atoms with Crippen LogP contribution in [-0.2, 0) is 6.61 Å². The quantitative estimate of drug-likeness (QED) is 0.768. The van der Waals surface area contributed by atoms with E-state index in [0.29, 0.717) is 21.9 Å². The molecule has 0 saturated heterocycles.